The van der Waals surface area contributed by atoms with Crippen LogP contribution in [0, 0.1) is 11.8 Å². The minimum atomic E-state index is -1.44. The highest BCUT2D eigenvalue weighted by Gasteiger charge is 2.56. The highest BCUT2D eigenvalue weighted by atomic mass is 16.8. The van der Waals surface area contributed by atoms with Crippen LogP contribution < -0.4 is 18.9 Å². The minimum absolute atomic E-state index is 0.0301. The maximum absolute atomic E-state index is 13.4. The molecule has 0 amide bonds. The minimum Gasteiger partial charge on any atom is -0.502 e. The summed E-state index contributed by atoms with van der Waals surface area (Å²) < 4.78 is 51.5. The molecule has 4 heterocycles. The number of hydrogen-bond donors (Lipinski definition) is 3. The molecular weight excluding hydrogens is 556 g/mol. The molecule has 3 N–H and O–H groups in total. The van der Waals surface area contributed by atoms with Gasteiger partial charge in [-0.2, -0.15) is 0 Å². The van der Waals surface area contributed by atoms with Gasteiger partial charge in [-0.25, -0.2) is 0 Å². The Morgan fingerprint density at radius 2 is 1.57 bits per heavy atom. The molecule has 226 valence electrons. The van der Waals surface area contributed by atoms with E-state index in [-0.39, 0.29) is 37.3 Å². The van der Waals surface area contributed by atoms with E-state index in [2.05, 4.69) is 0 Å². The number of ether oxygens (including phenoxy) is 9. The molecule has 3 fully saturated rings. The zero-order chi connectivity index (χ0) is 29.3. The Labute approximate surface area is 240 Å². The summed E-state index contributed by atoms with van der Waals surface area (Å²) in [7, 11) is 2.86. The van der Waals surface area contributed by atoms with E-state index in [1.165, 1.54) is 14.2 Å². The van der Waals surface area contributed by atoms with Crippen molar-refractivity contribution in [2.75, 3.05) is 34.2 Å². The lowest BCUT2D eigenvalue weighted by molar-refractivity contribution is -0.364. The van der Waals surface area contributed by atoms with Gasteiger partial charge in [0.15, 0.2) is 35.6 Å². The molecule has 2 aromatic carbocycles. The molecule has 13 nitrogen and oxygen atoms in total. The molecule has 42 heavy (non-hydrogen) atoms. The largest absolute Gasteiger partial charge is 0.502 e. The highest BCUT2D eigenvalue weighted by molar-refractivity contribution is 5.79. The second kappa shape index (κ2) is 10.4. The summed E-state index contributed by atoms with van der Waals surface area (Å²) in [4.78, 5) is 13.4. The first-order valence-corrected chi connectivity index (χ1v) is 13.8. The highest BCUT2D eigenvalue weighted by Crippen LogP contribution is 2.57. The summed E-state index contributed by atoms with van der Waals surface area (Å²) >= 11 is 0. The predicted molar refractivity (Wildman–Crippen MR) is 138 cm³/mol. The summed E-state index contributed by atoms with van der Waals surface area (Å²) in [6.07, 6.45) is -6.80. The first-order chi connectivity index (χ1) is 20.3. The molecule has 0 aromatic heterocycles. The van der Waals surface area contributed by atoms with Crippen molar-refractivity contribution < 1.29 is 62.7 Å². The number of carbonyl (C=O) groups excluding carboxylic acids is 1. The molecular formula is C29H32O13. The molecule has 2 aromatic rings. The van der Waals surface area contributed by atoms with Gasteiger partial charge in [0.25, 0.3) is 0 Å². The summed E-state index contributed by atoms with van der Waals surface area (Å²) in [6.45, 7) is 1.93. The number of phenolic OH excluding ortho intramolecular Hbond substituents is 1. The first kappa shape index (κ1) is 27.5. The van der Waals surface area contributed by atoms with Crippen LogP contribution in [0.15, 0.2) is 24.3 Å². The maximum atomic E-state index is 13.4. The number of benzene rings is 2. The number of carbonyl (C=O) groups is 1. The van der Waals surface area contributed by atoms with Crippen molar-refractivity contribution in [3.8, 4) is 28.7 Å². The Morgan fingerprint density at radius 3 is 2.26 bits per heavy atom. The number of esters is 1. The van der Waals surface area contributed by atoms with Crippen molar-refractivity contribution >= 4 is 5.97 Å². The van der Waals surface area contributed by atoms with E-state index in [0.29, 0.717) is 28.2 Å². The Bertz CT molecular complexity index is 1350. The number of aliphatic hydroxyl groups is 2. The Hall–Kier alpha value is -3.33. The number of rotatable bonds is 5. The van der Waals surface area contributed by atoms with Gasteiger partial charge >= 0.3 is 5.97 Å². The molecule has 10 atom stereocenters. The van der Waals surface area contributed by atoms with Crippen LogP contribution in [0.5, 0.6) is 28.7 Å². The van der Waals surface area contributed by atoms with Crippen molar-refractivity contribution in [3.63, 3.8) is 0 Å². The normalized spacial score (nSPS) is 36.5. The van der Waals surface area contributed by atoms with E-state index >= 15 is 0 Å². The van der Waals surface area contributed by atoms with Gasteiger partial charge in [0.2, 0.25) is 12.5 Å². The third kappa shape index (κ3) is 4.26. The zero-order valence-electron chi connectivity index (χ0n) is 23.1. The van der Waals surface area contributed by atoms with Gasteiger partial charge in [-0.05, 0) is 47.9 Å². The number of hydrogen-bond acceptors (Lipinski definition) is 13. The summed E-state index contributed by atoms with van der Waals surface area (Å²) in [5.41, 5.74) is 2.01. The van der Waals surface area contributed by atoms with E-state index < -0.39 is 66.8 Å². The van der Waals surface area contributed by atoms with E-state index in [0.717, 1.165) is 0 Å². The second-order valence-corrected chi connectivity index (χ2v) is 11.0. The molecule has 0 saturated carbocycles. The predicted octanol–water partition coefficient (Wildman–Crippen LogP) is 1.34. The number of fused-ring (bicyclic) bond motifs is 4. The lowest BCUT2D eigenvalue weighted by Gasteiger charge is -2.47. The van der Waals surface area contributed by atoms with Crippen LogP contribution >= 0.6 is 0 Å². The number of cyclic esters (lactones) is 1. The molecule has 13 heteroatoms. The van der Waals surface area contributed by atoms with Crippen molar-refractivity contribution in [2.24, 2.45) is 11.8 Å². The Balaban J connectivity index is 1.32. The topological polar surface area (TPSA) is 161 Å². The van der Waals surface area contributed by atoms with Gasteiger partial charge in [0.05, 0.1) is 39.5 Å². The summed E-state index contributed by atoms with van der Waals surface area (Å²) in [6, 6.07) is 6.93. The van der Waals surface area contributed by atoms with E-state index in [4.69, 9.17) is 42.6 Å². The fourth-order valence-electron chi connectivity index (χ4n) is 6.74. The van der Waals surface area contributed by atoms with Crippen LogP contribution in [0.4, 0.5) is 0 Å². The fraction of sp³-hybridized carbons (Fsp3) is 0.552. The Morgan fingerprint density at radius 1 is 0.881 bits per heavy atom. The second-order valence-electron chi connectivity index (χ2n) is 11.0. The smallest absolute Gasteiger partial charge is 0.310 e. The van der Waals surface area contributed by atoms with E-state index in [9.17, 15) is 20.1 Å². The molecule has 0 radical (unpaired) electrons. The average molecular weight is 589 g/mol. The molecule has 1 aliphatic carbocycles. The fourth-order valence-corrected chi connectivity index (χ4v) is 6.74. The zero-order valence-corrected chi connectivity index (χ0v) is 23.1. The third-order valence-corrected chi connectivity index (χ3v) is 8.75. The van der Waals surface area contributed by atoms with Gasteiger partial charge in [-0.3, -0.25) is 4.79 Å². The lowest BCUT2D eigenvalue weighted by Crippen LogP contribution is -2.63. The van der Waals surface area contributed by atoms with Crippen molar-refractivity contribution in [3.05, 3.63) is 41.0 Å². The van der Waals surface area contributed by atoms with Crippen LogP contribution in [-0.4, -0.2) is 92.5 Å². The van der Waals surface area contributed by atoms with Gasteiger partial charge in [-0.15, -0.1) is 0 Å². The SMILES string of the molecule is COc1cc([C@H]2c3cc4c(cc3C(OC3OC5COC(C)OC5C(O)C3O)[C@H]3COC(=O)[C@@H]23)OCO4)cc(OC)c1O. The molecule has 5 aliphatic rings. The third-order valence-electron chi connectivity index (χ3n) is 8.75. The maximum Gasteiger partial charge on any atom is 0.310 e. The van der Waals surface area contributed by atoms with Crippen molar-refractivity contribution in [1.82, 2.24) is 0 Å². The van der Waals surface area contributed by atoms with Gasteiger partial charge in [0, 0.05) is 11.8 Å². The molecule has 0 bridgehead atoms. The molecule has 7 rings (SSSR count). The summed E-state index contributed by atoms with van der Waals surface area (Å²) in [5.74, 6) is -1.02. The van der Waals surface area contributed by atoms with E-state index in [1.807, 2.05) is 0 Å². The quantitative estimate of drug-likeness (QED) is 0.430. The van der Waals surface area contributed by atoms with Gasteiger partial charge in [0.1, 0.15) is 24.4 Å². The first-order valence-electron chi connectivity index (χ1n) is 13.8. The molecule has 0 spiro atoms. The monoisotopic (exact) mass is 588 g/mol. The van der Waals surface area contributed by atoms with Crippen molar-refractivity contribution in [1.29, 1.82) is 0 Å². The average Bonchev–Trinajstić information content (AvgIpc) is 3.61. The van der Waals surface area contributed by atoms with Crippen LogP contribution in [0.1, 0.15) is 35.6 Å². The van der Waals surface area contributed by atoms with Gasteiger partial charge < -0.3 is 58.0 Å². The lowest BCUT2D eigenvalue weighted by atomic mass is 9.66. The van der Waals surface area contributed by atoms with Crippen LogP contribution in [0.2, 0.25) is 0 Å². The van der Waals surface area contributed by atoms with E-state index in [1.54, 1.807) is 31.2 Å². The number of aliphatic hydroxyl groups excluding tert-OH is 2. The van der Waals surface area contributed by atoms with Crippen LogP contribution in [-0.2, 0) is 28.5 Å². The van der Waals surface area contributed by atoms with Crippen molar-refractivity contribution in [2.45, 2.75) is 55.9 Å². The molecule has 7 unspecified atom stereocenters. The summed E-state index contributed by atoms with van der Waals surface area (Å²) in [5, 5.41) is 32.5. The number of phenols is 1. The molecule has 4 aliphatic heterocycles. The van der Waals surface area contributed by atoms with Crippen LogP contribution in [0.3, 0.4) is 0 Å². The number of methoxy groups -OCH3 is 2. The molecule has 3 saturated heterocycles. The Kier molecular flexibility index (Phi) is 6.83. The standard InChI is InChI=1S/C29H32O13/c1-11-36-9-20-27(40-11)24(31)25(32)29(41-20)42-26-14-7-17-16(38-10-39-17)6-13(14)21(22-15(26)8-37-28(22)33)12-4-18(34-2)23(30)19(5-12)35-3/h4-7,11,15,20-22,24-27,29-32H,8-10H2,1-3H3/t11?,15-,20?,21-,22+,24?,25?,26?,27?,29?/m0/s1. The van der Waals surface area contributed by atoms with Gasteiger partial charge in [-0.1, -0.05) is 0 Å². The number of aromatic hydroxyl groups is 1. The van der Waals surface area contributed by atoms with Crippen LogP contribution in [0.25, 0.3) is 0 Å².